The largest absolute Gasteiger partial charge is 0.398 e. The molecule has 4 heteroatoms. The topological polar surface area (TPSA) is 69.7 Å². The van der Waals surface area contributed by atoms with E-state index < -0.39 is 6.10 Å². The van der Waals surface area contributed by atoms with Crippen LogP contribution in [0.25, 0.3) is 0 Å². The van der Waals surface area contributed by atoms with Crippen molar-refractivity contribution in [1.29, 1.82) is 0 Å². The number of benzene rings is 1. The van der Waals surface area contributed by atoms with Crippen LogP contribution < -0.4 is 5.73 Å². The summed E-state index contributed by atoms with van der Waals surface area (Å²) < 4.78 is 0. The molecule has 2 rings (SSSR count). The molecule has 0 saturated carbocycles. The highest BCUT2D eigenvalue weighted by Crippen LogP contribution is 2.32. The molecule has 0 aromatic heterocycles. The maximum atomic E-state index is 9.48. The normalized spacial score (nSPS) is 22.2. The van der Waals surface area contributed by atoms with Crippen LogP contribution in [0.2, 0.25) is 0 Å². The summed E-state index contributed by atoms with van der Waals surface area (Å²) in [6, 6.07) is 5.99. The molecular weight excluding hydrogens is 216 g/mol. The van der Waals surface area contributed by atoms with Crippen LogP contribution in [0.3, 0.4) is 0 Å². The van der Waals surface area contributed by atoms with Crippen molar-refractivity contribution >= 4 is 5.69 Å². The minimum Gasteiger partial charge on any atom is -0.398 e. The number of hydrogen-bond donors (Lipinski definition) is 3. The van der Waals surface area contributed by atoms with E-state index in [1.54, 1.807) is 0 Å². The van der Waals surface area contributed by atoms with Crippen molar-refractivity contribution in [3.63, 3.8) is 0 Å². The number of β-amino-alcohol motifs (C(OH)–C–C–N with tert-alkyl or cyclic N) is 1. The van der Waals surface area contributed by atoms with Gasteiger partial charge in [-0.3, -0.25) is 4.90 Å². The predicted octanol–water partition coefficient (Wildman–Crippen LogP) is 0.541. The van der Waals surface area contributed by atoms with Gasteiger partial charge in [-0.2, -0.15) is 0 Å². The molecule has 17 heavy (non-hydrogen) atoms. The molecule has 0 bridgehead atoms. The van der Waals surface area contributed by atoms with Gasteiger partial charge in [-0.15, -0.1) is 0 Å². The number of aliphatic hydroxyl groups excluding tert-OH is 2. The maximum Gasteiger partial charge on any atom is 0.0897 e. The summed E-state index contributed by atoms with van der Waals surface area (Å²) >= 11 is 0. The predicted molar refractivity (Wildman–Crippen MR) is 67.6 cm³/mol. The standard InChI is InChI=1S/C13H20N2O2/c1-9-5-15(7-11(17)8-16)6-10-3-2-4-12(14)13(9)10/h2-4,9,11,16-17H,5-8,14H2,1H3. The Balaban J connectivity index is 2.16. The Morgan fingerprint density at radius 1 is 1.53 bits per heavy atom. The molecule has 0 aliphatic carbocycles. The molecule has 0 saturated heterocycles. The summed E-state index contributed by atoms with van der Waals surface area (Å²) in [5, 5.41) is 18.4. The second-order valence-electron chi connectivity index (χ2n) is 4.85. The van der Waals surface area contributed by atoms with Crippen molar-refractivity contribution in [2.45, 2.75) is 25.5 Å². The van der Waals surface area contributed by atoms with Crippen LogP contribution in [0, 0.1) is 0 Å². The van der Waals surface area contributed by atoms with Gasteiger partial charge in [0, 0.05) is 25.3 Å². The third-order valence-corrected chi connectivity index (χ3v) is 3.33. The van der Waals surface area contributed by atoms with Crippen LogP contribution in [0.4, 0.5) is 5.69 Å². The Morgan fingerprint density at radius 2 is 2.29 bits per heavy atom. The average molecular weight is 236 g/mol. The molecule has 1 aliphatic rings. The van der Waals surface area contributed by atoms with E-state index in [0.29, 0.717) is 12.5 Å². The van der Waals surface area contributed by atoms with E-state index in [2.05, 4.69) is 17.9 Å². The summed E-state index contributed by atoms with van der Waals surface area (Å²) in [5.41, 5.74) is 9.32. The van der Waals surface area contributed by atoms with E-state index in [-0.39, 0.29) is 6.61 Å². The van der Waals surface area contributed by atoms with Crippen molar-refractivity contribution in [2.24, 2.45) is 0 Å². The number of nitrogens with zero attached hydrogens (tertiary/aromatic N) is 1. The maximum absolute atomic E-state index is 9.48. The molecule has 94 valence electrons. The number of nitrogens with two attached hydrogens (primary N) is 1. The second-order valence-corrected chi connectivity index (χ2v) is 4.85. The monoisotopic (exact) mass is 236 g/mol. The van der Waals surface area contributed by atoms with Crippen molar-refractivity contribution in [1.82, 2.24) is 4.90 Å². The average Bonchev–Trinajstić information content (AvgIpc) is 2.28. The Kier molecular flexibility index (Phi) is 3.66. The first kappa shape index (κ1) is 12.4. The van der Waals surface area contributed by atoms with Crippen LogP contribution in [-0.2, 0) is 6.54 Å². The quantitative estimate of drug-likeness (QED) is 0.670. The SMILES string of the molecule is CC1CN(CC(O)CO)Cc2cccc(N)c21. The van der Waals surface area contributed by atoms with Gasteiger partial charge in [0.25, 0.3) is 0 Å². The van der Waals surface area contributed by atoms with Crippen molar-refractivity contribution < 1.29 is 10.2 Å². The summed E-state index contributed by atoms with van der Waals surface area (Å²) in [5.74, 6) is 0.367. The number of nitrogen functional groups attached to an aromatic ring is 1. The van der Waals surface area contributed by atoms with E-state index in [1.165, 1.54) is 11.1 Å². The lowest BCUT2D eigenvalue weighted by atomic mass is 9.89. The Hall–Kier alpha value is -1.10. The first-order valence-corrected chi connectivity index (χ1v) is 6.00. The van der Waals surface area contributed by atoms with Crippen LogP contribution >= 0.6 is 0 Å². The highest BCUT2D eigenvalue weighted by Gasteiger charge is 2.24. The summed E-state index contributed by atoms with van der Waals surface area (Å²) in [6.07, 6.45) is -0.662. The first-order valence-electron chi connectivity index (χ1n) is 6.00. The minimum atomic E-state index is -0.662. The summed E-state index contributed by atoms with van der Waals surface area (Å²) in [4.78, 5) is 2.16. The molecule has 2 unspecified atom stereocenters. The molecule has 0 amide bonds. The van der Waals surface area contributed by atoms with Crippen molar-refractivity contribution in [3.8, 4) is 0 Å². The van der Waals surface area contributed by atoms with Gasteiger partial charge in [0.2, 0.25) is 0 Å². The van der Waals surface area contributed by atoms with Crippen LogP contribution in [-0.4, -0.2) is 40.9 Å². The fourth-order valence-electron chi connectivity index (χ4n) is 2.65. The van der Waals surface area contributed by atoms with Gasteiger partial charge in [0.05, 0.1) is 12.7 Å². The zero-order valence-corrected chi connectivity index (χ0v) is 10.1. The molecule has 0 spiro atoms. The van der Waals surface area contributed by atoms with E-state index in [1.807, 2.05) is 12.1 Å². The molecule has 1 aromatic rings. The highest BCUT2D eigenvalue weighted by molar-refractivity contribution is 5.53. The molecule has 1 aromatic carbocycles. The van der Waals surface area contributed by atoms with Crippen molar-refractivity contribution in [3.05, 3.63) is 29.3 Å². The highest BCUT2D eigenvalue weighted by atomic mass is 16.3. The van der Waals surface area contributed by atoms with E-state index in [9.17, 15) is 5.11 Å². The van der Waals surface area contributed by atoms with Crippen LogP contribution in [0.5, 0.6) is 0 Å². The fraction of sp³-hybridized carbons (Fsp3) is 0.538. The Labute approximate surface area is 102 Å². The van der Waals surface area contributed by atoms with Gasteiger partial charge in [-0.25, -0.2) is 0 Å². The minimum absolute atomic E-state index is 0.186. The zero-order chi connectivity index (χ0) is 12.4. The third-order valence-electron chi connectivity index (χ3n) is 3.33. The van der Waals surface area contributed by atoms with Gasteiger partial charge < -0.3 is 15.9 Å². The Bertz CT molecular complexity index is 395. The molecule has 2 atom stereocenters. The summed E-state index contributed by atoms with van der Waals surface area (Å²) in [6.45, 7) is 4.14. The molecule has 0 radical (unpaired) electrons. The zero-order valence-electron chi connectivity index (χ0n) is 10.1. The lowest BCUT2D eigenvalue weighted by Crippen LogP contribution is -2.39. The number of hydrogen-bond acceptors (Lipinski definition) is 4. The number of aliphatic hydroxyl groups is 2. The van der Waals surface area contributed by atoms with E-state index >= 15 is 0 Å². The van der Waals surface area contributed by atoms with Gasteiger partial charge in [-0.1, -0.05) is 19.1 Å². The third kappa shape index (κ3) is 2.60. The van der Waals surface area contributed by atoms with E-state index in [4.69, 9.17) is 10.8 Å². The van der Waals surface area contributed by atoms with E-state index in [0.717, 1.165) is 18.8 Å². The van der Waals surface area contributed by atoms with Gasteiger partial charge in [0.15, 0.2) is 0 Å². The molecule has 1 heterocycles. The molecular formula is C13H20N2O2. The summed E-state index contributed by atoms with van der Waals surface area (Å²) in [7, 11) is 0. The fourth-order valence-corrected chi connectivity index (χ4v) is 2.65. The molecule has 1 aliphatic heterocycles. The van der Waals surface area contributed by atoms with Crippen molar-refractivity contribution in [2.75, 3.05) is 25.4 Å². The molecule has 4 N–H and O–H groups in total. The smallest absolute Gasteiger partial charge is 0.0897 e. The number of anilines is 1. The second kappa shape index (κ2) is 5.04. The first-order chi connectivity index (χ1) is 8.11. The molecule has 4 nitrogen and oxygen atoms in total. The van der Waals surface area contributed by atoms with Gasteiger partial charge in [-0.05, 0) is 23.1 Å². The van der Waals surface area contributed by atoms with Crippen LogP contribution in [0.1, 0.15) is 24.0 Å². The van der Waals surface area contributed by atoms with Gasteiger partial charge >= 0.3 is 0 Å². The lowest BCUT2D eigenvalue weighted by molar-refractivity contribution is 0.0527. The lowest BCUT2D eigenvalue weighted by Gasteiger charge is -2.34. The molecule has 0 fully saturated rings. The van der Waals surface area contributed by atoms with Crippen LogP contribution in [0.15, 0.2) is 18.2 Å². The van der Waals surface area contributed by atoms with Gasteiger partial charge in [0.1, 0.15) is 0 Å². The number of fused-ring (bicyclic) bond motifs is 1. The number of rotatable bonds is 3. The Morgan fingerprint density at radius 3 is 3.00 bits per heavy atom.